The van der Waals surface area contributed by atoms with Gasteiger partial charge in [0.05, 0.1) is 0 Å². The zero-order valence-electron chi connectivity index (χ0n) is 9.50. The average molecular weight is 230 g/mol. The largest absolute Gasteiger partial charge is 0.369 e. The smallest absolute Gasteiger partial charge is 0.220 e. The van der Waals surface area contributed by atoms with E-state index >= 15 is 0 Å². The number of carbonyl (C=O) groups excluding carboxylic acids is 1. The summed E-state index contributed by atoms with van der Waals surface area (Å²) in [6.07, 6.45) is 7.51. The summed E-state index contributed by atoms with van der Waals surface area (Å²) in [7, 11) is 0. The highest BCUT2D eigenvalue weighted by atomic mass is 32.2. The third kappa shape index (κ3) is 4.89. The van der Waals surface area contributed by atoms with Crippen molar-refractivity contribution in [3.8, 4) is 0 Å². The van der Waals surface area contributed by atoms with E-state index in [4.69, 9.17) is 5.73 Å². The maximum atomic E-state index is 11.0. The zero-order chi connectivity index (χ0) is 11.1. The summed E-state index contributed by atoms with van der Waals surface area (Å²) in [6.45, 7) is 1.10. The normalized spacial score (nSPS) is 26.5. The summed E-state index contributed by atoms with van der Waals surface area (Å²) >= 11 is 1.89. The van der Waals surface area contributed by atoms with Gasteiger partial charge in [-0.25, -0.2) is 0 Å². The number of nitrogens with two attached hydrogens (primary N) is 1. The number of hydrogen-bond acceptors (Lipinski definition) is 3. The molecule has 88 valence electrons. The molecule has 0 aromatic carbocycles. The molecule has 0 atom stereocenters. The van der Waals surface area contributed by atoms with Crippen molar-refractivity contribution >= 4 is 17.7 Å². The van der Waals surface area contributed by atoms with Crippen LogP contribution in [0.1, 0.15) is 32.1 Å². The molecule has 0 saturated heterocycles. The Morgan fingerprint density at radius 2 is 2.07 bits per heavy atom. The van der Waals surface area contributed by atoms with Gasteiger partial charge in [0.25, 0.3) is 0 Å². The van der Waals surface area contributed by atoms with Crippen molar-refractivity contribution in [1.82, 2.24) is 5.32 Å². The first-order valence-corrected chi connectivity index (χ1v) is 7.15. The molecule has 0 aliphatic heterocycles. The minimum atomic E-state index is -0.115. The van der Waals surface area contributed by atoms with E-state index in [0.717, 1.165) is 32.2 Å². The van der Waals surface area contributed by atoms with Crippen molar-refractivity contribution in [3.63, 3.8) is 0 Å². The fourth-order valence-electron chi connectivity index (χ4n) is 2.10. The van der Waals surface area contributed by atoms with E-state index in [2.05, 4.69) is 11.6 Å². The molecule has 1 rings (SSSR count). The van der Waals surface area contributed by atoms with Gasteiger partial charge in [-0.05, 0) is 50.7 Å². The number of rotatable bonds is 6. The van der Waals surface area contributed by atoms with Crippen LogP contribution in [0.3, 0.4) is 0 Å². The Bertz CT molecular complexity index is 191. The summed E-state index contributed by atoms with van der Waals surface area (Å²) in [4.78, 5) is 11.0. The van der Waals surface area contributed by atoms with Crippen molar-refractivity contribution in [3.05, 3.63) is 0 Å². The molecule has 1 aliphatic rings. The Hall–Kier alpha value is -0.220. The van der Waals surface area contributed by atoms with E-state index in [1.807, 2.05) is 11.8 Å². The molecule has 0 unspecified atom stereocenters. The second kappa shape index (κ2) is 7.12. The second-order valence-corrected chi connectivity index (χ2v) is 5.24. The van der Waals surface area contributed by atoms with Gasteiger partial charge in [-0.15, -0.1) is 0 Å². The molecule has 0 heterocycles. The van der Waals surface area contributed by atoms with E-state index in [-0.39, 0.29) is 11.8 Å². The predicted molar refractivity (Wildman–Crippen MR) is 65.9 cm³/mol. The number of amides is 1. The predicted octanol–water partition coefficient (Wildman–Crippen LogP) is 1.37. The number of primary amides is 1. The summed E-state index contributed by atoms with van der Waals surface area (Å²) in [5.74, 6) is 1.24. The SMILES string of the molecule is CSCCCNC1CCC(C(N)=O)CC1. The quantitative estimate of drug-likeness (QED) is 0.678. The first-order valence-electron chi connectivity index (χ1n) is 5.75. The third-order valence-electron chi connectivity index (χ3n) is 3.09. The van der Waals surface area contributed by atoms with Crippen LogP contribution in [0, 0.1) is 5.92 Å². The molecule has 15 heavy (non-hydrogen) atoms. The van der Waals surface area contributed by atoms with Crippen LogP contribution < -0.4 is 11.1 Å². The Balaban J connectivity index is 2.07. The summed E-state index contributed by atoms with van der Waals surface area (Å²) in [6, 6.07) is 0.613. The van der Waals surface area contributed by atoms with Gasteiger partial charge in [0.1, 0.15) is 0 Å². The van der Waals surface area contributed by atoms with E-state index in [0.29, 0.717) is 6.04 Å². The molecule has 0 bridgehead atoms. The molecule has 1 aliphatic carbocycles. The van der Waals surface area contributed by atoms with Crippen molar-refractivity contribution in [2.45, 2.75) is 38.1 Å². The van der Waals surface area contributed by atoms with Crippen molar-refractivity contribution in [2.75, 3.05) is 18.6 Å². The van der Waals surface area contributed by atoms with Gasteiger partial charge < -0.3 is 11.1 Å². The Kier molecular flexibility index (Phi) is 6.10. The van der Waals surface area contributed by atoms with Crippen molar-refractivity contribution < 1.29 is 4.79 Å². The maximum Gasteiger partial charge on any atom is 0.220 e. The summed E-state index contributed by atoms with van der Waals surface area (Å²) < 4.78 is 0. The Morgan fingerprint density at radius 3 is 2.60 bits per heavy atom. The fraction of sp³-hybridized carbons (Fsp3) is 0.909. The van der Waals surface area contributed by atoms with Gasteiger partial charge in [0.2, 0.25) is 5.91 Å². The van der Waals surface area contributed by atoms with Crippen LogP contribution in [0.15, 0.2) is 0 Å². The molecule has 0 aromatic heterocycles. The van der Waals surface area contributed by atoms with Crippen LogP contribution in [-0.4, -0.2) is 30.5 Å². The molecule has 0 radical (unpaired) electrons. The zero-order valence-corrected chi connectivity index (χ0v) is 10.3. The minimum absolute atomic E-state index is 0.115. The highest BCUT2D eigenvalue weighted by Gasteiger charge is 2.23. The second-order valence-electron chi connectivity index (χ2n) is 4.25. The highest BCUT2D eigenvalue weighted by Crippen LogP contribution is 2.23. The lowest BCUT2D eigenvalue weighted by molar-refractivity contribution is -0.122. The van der Waals surface area contributed by atoms with Gasteiger partial charge in [-0.1, -0.05) is 0 Å². The molecular formula is C11H22N2OS. The van der Waals surface area contributed by atoms with E-state index in [1.165, 1.54) is 12.2 Å². The van der Waals surface area contributed by atoms with E-state index in [1.54, 1.807) is 0 Å². The molecule has 3 N–H and O–H groups in total. The van der Waals surface area contributed by atoms with Crippen LogP contribution in [0.5, 0.6) is 0 Å². The number of carbonyl (C=O) groups is 1. The number of nitrogens with one attached hydrogen (secondary N) is 1. The molecule has 1 saturated carbocycles. The van der Waals surface area contributed by atoms with Crippen LogP contribution >= 0.6 is 11.8 Å². The molecule has 1 fully saturated rings. The molecule has 0 aromatic rings. The lowest BCUT2D eigenvalue weighted by Crippen LogP contribution is -2.37. The molecule has 4 heteroatoms. The summed E-state index contributed by atoms with van der Waals surface area (Å²) in [5, 5.41) is 3.55. The van der Waals surface area contributed by atoms with Gasteiger partial charge in [-0.3, -0.25) is 4.79 Å². The third-order valence-corrected chi connectivity index (χ3v) is 3.78. The van der Waals surface area contributed by atoms with E-state index < -0.39 is 0 Å². The topological polar surface area (TPSA) is 55.1 Å². The minimum Gasteiger partial charge on any atom is -0.369 e. The van der Waals surface area contributed by atoms with Crippen LogP contribution in [0.25, 0.3) is 0 Å². The van der Waals surface area contributed by atoms with Crippen molar-refractivity contribution in [1.29, 1.82) is 0 Å². The summed E-state index contributed by atoms with van der Waals surface area (Å²) in [5.41, 5.74) is 5.29. The van der Waals surface area contributed by atoms with Gasteiger partial charge in [-0.2, -0.15) is 11.8 Å². The molecule has 0 spiro atoms. The van der Waals surface area contributed by atoms with Crippen LogP contribution in [-0.2, 0) is 4.79 Å². The fourth-order valence-corrected chi connectivity index (χ4v) is 2.54. The highest BCUT2D eigenvalue weighted by molar-refractivity contribution is 7.98. The van der Waals surface area contributed by atoms with Crippen LogP contribution in [0.2, 0.25) is 0 Å². The van der Waals surface area contributed by atoms with Gasteiger partial charge in [0, 0.05) is 12.0 Å². The number of thioether (sulfide) groups is 1. The lowest BCUT2D eigenvalue weighted by atomic mass is 9.85. The van der Waals surface area contributed by atoms with Crippen molar-refractivity contribution in [2.24, 2.45) is 11.7 Å². The first kappa shape index (κ1) is 12.8. The molecule has 1 amide bonds. The average Bonchev–Trinajstić information content (AvgIpc) is 2.25. The van der Waals surface area contributed by atoms with Gasteiger partial charge >= 0.3 is 0 Å². The monoisotopic (exact) mass is 230 g/mol. The van der Waals surface area contributed by atoms with Gasteiger partial charge in [0.15, 0.2) is 0 Å². The van der Waals surface area contributed by atoms with E-state index in [9.17, 15) is 4.79 Å². The Labute approximate surface area is 96.6 Å². The van der Waals surface area contributed by atoms with Crippen LogP contribution in [0.4, 0.5) is 0 Å². The molecular weight excluding hydrogens is 208 g/mol. The standard InChI is InChI=1S/C11H22N2OS/c1-15-8-2-7-13-10-5-3-9(4-6-10)11(12)14/h9-10,13H,2-8H2,1H3,(H2,12,14). The lowest BCUT2D eigenvalue weighted by Gasteiger charge is -2.27. The first-order chi connectivity index (χ1) is 7.24. The Morgan fingerprint density at radius 1 is 1.40 bits per heavy atom. The number of hydrogen-bond donors (Lipinski definition) is 2. The maximum absolute atomic E-state index is 11.0. The molecule has 3 nitrogen and oxygen atoms in total.